The Kier molecular flexibility index (Phi) is 5.50. The van der Waals surface area contributed by atoms with Crippen LogP contribution in [-0.2, 0) is 0 Å². The van der Waals surface area contributed by atoms with Gasteiger partial charge in [-0.25, -0.2) is 0 Å². The molecule has 2 nitrogen and oxygen atoms in total. The van der Waals surface area contributed by atoms with Crippen LogP contribution in [0.1, 0.15) is 39.5 Å². The third kappa shape index (κ3) is 4.05. The van der Waals surface area contributed by atoms with Gasteiger partial charge >= 0.3 is 0 Å². The van der Waals surface area contributed by atoms with E-state index in [9.17, 15) is 5.26 Å². The average Bonchev–Trinajstić information content (AvgIpc) is 2.35. The lowest BCUT2D eigenvalue weighted by atomic mass is 9.91. The molecule has 0 aliphatic heterocycles. The molecule has 0 saturated carbocycles. The first-order valence-electron chi connectivity index (χ1n) is 6.11. The highest BCUT2D eigenvalue weighted by atomic mass is 79.9. The van der Waals surface area contributed by atoms with Gasteiger partial charge in [-0.2, -0.15) is 5.26 Å². The smallest absolute Gasteiger partial charge is 0.125 e. The van der Waals surface area contributed by atoms with Crippen molar-refractivity contribution in [3.8, 4) is 6.07 Å². The molecular formula is C14H19BrN2. The fourth-order valence-corrected chi connectivity index (χ4v) is 2.21. The van der Waals surface area contributed by atoms with Gasteiger partial charge < -0.3 is 5.32 Å². The summed E-state index contributed by atoms with van der Waals surface area (Å²) in [5.74, 6) is 0. The molecule has 0 spiro atoms. The van der Waals surface area contributed by atoms with E-state index in [-0.39, 0.29) is 0 Å². The quantitative estimate of drug-likeness (QED) is 0.824. The Bertz CT molecular complexity index is 397. The van der Waals surface area contributed by atoms with Crippen molar-refractivity contribution >= 4 is 21.6 Å². The number of anilines is 1. The number of nitrogens with one attached hydrogen (secondary N) is 1. The maximum absolute atomic E-state index is 9.41. The normalized spacial score (nSPS) is 13.8. The molecule has 0 fully saturated rings. The second kappa shape index (κ2) is 6.66. The summed E-state index contributed by atoms with van der Waals surface area (Å²) >= 11 is 3.44. The van der Waals surface area contributed by atoms with Crippen LogP contribution < -0.4 is 5.32 Å². The lowest BCUT2D eigenvalue weighted by molar-refractivity contribution is 0.497. The highest BCUT2D eigenvalue weighted by Crippen LogP contribution is 2.25. The molecule has 0 aromatic heterocycles. The van der Waals surface area contributed by atoms with Gasteiger partial charge in [-0.1, -0.05) is 48.7 Å². The summed E-state index contributed by atoms with van der Waals surface area (Å²) in [6.45, 7) is 4.21. The predicted molar refractivity (Wildman–Crippen MR) is 75.9 cm³/mol. The van der Waals surface area contributed by atoms with E-state index in [2.05, 4.69) is 41.2 Å². The van der Waals surface area contributed by atoms with E-state index in [1.54, 1.807) is 0 Å². The number of hydrogen-bond acceptors (Lipinski definition) is 2. The third-order valence-electron chi connectivity index (χ3n) is 2.98. The zero-order valence-corrected chi connectivity index (χ0v) is 12.0. The van der Waals surface area contributed by atoms with Gasteiger partial charge in [0.05, 0.1) is 6.07 Å². The highest BCUT2D eigenvalue weighted by Gasteiger charge is 2.26. The molecule has 92 valence electrons. The van der Waals surface area contributed by atoms with Gasteiger partial charge in [0.25, 0.3) is 0 Å². The maximum atomic E-state index is 9.41. The van der Waals surface area contributed by atoms with Crippen molar-refractivity contribution in [2.75, 3.05) is 5.32 Å². The van der Waals surface area contributed by atoms with Crippen molar-refractivity contribution in [1.82, 2.24) is 0 Å². The van der Waals surface area contributed by atoms with Crippen LogP contribution >= 0.6 is 15.9 Å². The minimum atomic E-state index is -0.434. The molecule has 3 heteroatoms. The van der Waals surface area contributed by atoms with Gasteiger partial charge in [-0.15, -0.1) is 0 Å². The highest BCUT2D eigenvalue weighted by molar-refractivity contribution is 9.10. The van der Waals surface area contributed by atoms with E-state index in [0.717, 1.165) is 35.8 Å². The van der Waals surface area contributed by atoms with Crippen molar-refractivity contribution < 1.29 is 0 Å². The second-order valence-corrected chi connectivity index (χ2v) is 5.20. The van der Waals surface area contributed by atoms with Gasteiger partial charge in [0.15, 0.2) is 0 Å². The SMILES string of the molecule is CCCCC(C#N)(CC)Nc1cccc(Br)c1. The summed E-state index contributed by atoms with van der Waals surface area (Å²) in [6, 6.07) is 10.4. The Hall–Kier alpha value is -1.01. The number of benzene rings is 1. The molecule has 17 heavy (non-hydrogen) atoms. The molecule has 0 heterocycles. The standard InChI is InChI=1S/C14H19BrN2/c1-3-5-9-14(4-2,11-16)17-13-8-6-7-12(15)10-13/h6-8,10,17H,3-5,9H2,1-2H3. The van der Waals surface area contributed by atoms with E-state index in [1.807, 2.05) is 24.3 Å². The lowest BCUT2D eigenvalue weighted by Crippen LogP contribution is -2.35. The lowest BCUT2D eigenvalue weighted by Gasteiger charge is -2.27. The molecule has 0 radical (unpaired) electrons. The van der Waals surface area contributed by atoms with E-state index in [0.29, 0.717) is 0 Å². The van der Waals surface area contributed by atoms with Gasteiger partial charge in [-0.3, -0.25) is 0 Å². The fourth-order valence-electron chi connectivity index (χ4n) is 1.81. The molecule has 0 saturated heterocycles. The van der Waals surface area contributed by atoms with Gasteiger partial charge in [0, 0.05) is 10.2 Å². The van der Waals surface area contributed by atoms with Gasteiger partial charge in [0.2, 0.25) is 0 Å². The zero-order chi connectivity index (χ0) is 12.7. The van der Waals surface area contributed by atoms with E-state index in [4.69, 9.17) is 0 Å². The van der Waals surface area contributed by atoms with Crippen LogP contribution in [0.25, 0.3) is 0 Å². The van der Waals surface area contributed by atoms with E-state index >= 15 is 0 Å². The molecule has 1 N–H and O–H groups in total. The Morgan fingerprint density at radius 2 is 2.18 bits per heavy atom. The van der Waals surface area contributed by atoms with Crippen LogP contribution in [0.5, 0.6) is 0 Å². The summed E-state index contributed by atoms with van der Waals surface area (Å²) in [5, 5.41) is 12.8. The fraction of sp³-hybridized carbons (Fsp3) is 0.500. The molecule has 0 aliphatic carbocycles. The van der Waals surface area contributed by atoms with Crippen LogP contribution in [0, 0.1) is 11.3 Å². The van der Waals surface area contributed by atoms with E-state index < -0.39 is 5.54 Å². The Morgan fingerprint density at radius 1 is 1.41 bits per heavy atom. The molecule has 0 aliphatic rings. The number of hydrogen-bond donors (Lipinski definition) is 1. The van der Waals surface area contributed by atoms with Crippen molar-refractivity contribution in [3.05, 3.63) is 28.7 Å². The number of unbranched alkanes of at least 4 members (excludes halogenated alkanes) is 1. The number of nitrogens with zero attached hydrogens (tertiary/aromatic N) is 1. The Labute approximate surface area is 112 Å². The summed E-state index contributed by atoms with van der Waals surface area (Å²) in [5.41, 5.74) is 0.565. The largest absolute Gasteiger partial charge is 0.367 e. The van der Waals surface area contributed by atoms with Crippen LogP contribution in [0.2, 0.25) is 0 Å². The summed E-state index contributed by atoms with van der Waals surface area (Å²) in [4.78, 5) is 0. The Balaban J connectivity index is 2.83. The molecule has 1 rings (SSSR count). The van der Waals surface area contributed by atoms with Gasteiger partial charge in [-0.05, 0) is 31.0 Å². The van der Waals surface area contributed by atoms with Gasteiger partial charge in [0.1, 0.15) is 5.54 Å². The van der Waals surface area contributed by atoms with Crippen molar-refractivity contribution in [2.45, 2.75) is 45.1 Å². The second-order valence-electron chi connectivity index (χ2n) is 4.29. The van der Waals surface area contributed by atoms with Crippen LogP contribution in [0.15, 0.2) is 28.7 Å². The molecule has 0 amide bonds. The van der Waals surface area contributed by atoms with Crippen molar-refractivity contribution in [3.63, 3.8) is 0 Å². The zero-order valence-electron chi connectivity index (χ0n) is 10.5. The summed E-state index contributed by atoms with van der Waals surface area (Å²) in [6.07, 6.45) is 3.89. The molecule has 0 bridgehead atoms. The van der Waals surface area contributed by atoms with Crippen LogP contribution in [-0.4, -0.2) is 5.54 Å². The van der Waals surface area contributed by atoms with Crippen LogP contribution in [0.3, 0.4) is 0 Å². The molecule has 1 aromatic carbocycles. The number of nitriles is 1. The first-order chi connectivity index (χ1) is 8.15. The maximum Gasteiger partial charge on any atom is 0.125 e. The first-order valence-corrected chi connectivity index (χ1v) is 6.90. The number of halogens is 1. The van der Waals surface area contributed by atoms with Crippen molar-refractivity contribution in [2.24, 2.45) is 0 Å². The Morgan fingerprint density at radius 3 is 2.71 bits per heavy atom. The van der Waals surface area contributed by atoms with Crippen molar-refractivity contribution in [1.29, 1.82) is 5.26 Å². The summed E-state index contributed by atoms with van der Waals surface area (Å²) in [7, 11) is 0. The molecular weight excluding hydrogens is 276 g/mol. The predicted octanol–water partition coefficient (Wildman–Crippen LogP) is 4.72. The first kappa shape index (κ1) is 14.1. The summed E-state index contributed by atoms with van der Waals surface area (Å²) < 4.78 is 1.03. The minimum Gasteiger partial charge on any atom is -0.367 e. The molecule has 1 atom stereocenters. The van der Waals surface area contributed by atoms with E-state index in [1.165, 1.54) is 0 Å². The number of rotatable bonds is 6. The topological polar surface area (TPSA) is 35.8 Å². The van der Waals surface area contributed by atoms with Crippen LogP contribution in [0.4, 0.5) is 5.69 Å². The molecule has 1 unspecified atom stereocenters. The average molecular weight is 295 g/mol. The minimum absolute atomic E-state index is 0.434. The molecule has 1 aromatic rings. The third-order valence-corrected chi connectivity index (χ3v) is 3.48. The monoisotopic (exact) mass is 294 g/mol.